The summed E-state index contributed by atoms with van der Waals surface area (Å²) in [5.74, 6) is 0.332. The van der Waals surface area contributed by atoms with E-state index in [0.717, 1.165) is 71.6 Å². The van der Waals surface area contributed by atoms with Crippen LogP contribution in [0.1, 0.15) is 32.1 Å². The summed E-state index contributed by atoms with van der Waals surface area (Å²) in [5, 5.41) is 3.39. The Hall–Kier alpha value is -0.360. The summed E-state index contributed by atoms with van der Waals surface area (Å²) in [7, 11) is 0. The maximum Gasteiger partial charge on any atom is 0.222 e. The van der Waals surface area contributed by atoms with Crippen LogP contribution < -0.4 is 5.32 Å². The van der Waals surface area contributed by atoms with Gasteiger partial charge < -0.3 is 15.0 Å². The smallest absolute Gasteiger partial charge is 0.222 e. The van der Waals surface area contributed by atoms with E-state index in [1.807, 2.05) is 0 Å². The molecule has 6 heteroatoms. The lowest BCUT2D eigenvalue weighted by Gasteiger charge is -2.32. The zero-order valence-electron chi connectivity index (χ0n) is 12.8. The van der Waals surface area contributed by atoms with Gasteiger partial charge in [0.25, 0.3) is 0 Å². The van der Waals surface area contributed by atoms with Crippen LogP contribution >= 0.6 is 12.4 Å². The lowest BCUT2D eigenvalue weighted by atomic mass is 10.1. The largest absolute Gasteiger partial charge is 0.378 e. The van der Waals surface area contributed by atoms with Gasteiger partial charge in [0.15, 0.2) is 0 Å². The minimum Gasteiger partial charge on any atom is -0.378 e. The molecule has 5 nitrogen and oxygen atoms in total. The molecule has 3 aliphatic heterocycles. The molecule has 0 saturated carbocycles. The first-order valence-electron chi connectivity index (χ1n) is 8.17. The summed E-state index contributed by atoms with van der Waals surface area (Å²) in [6.45, 7) is 7.19. The Bertz CT molecular complexity index is 331. The number of carbonyl (C=O) groups is 1. The second-order valence-corrected chi connectivity index (χ2v) is 6.24. The first-order valence-corrected chi connectivity index (χ1v) is 8.17. The minimum absolute atomic E-state index is 0. The van der Waals surface area contributed by atoms with Crippen molar-refractivity contribution >= 4 is 18.3 Å². The second-order valence-electron chi connectivity index (χ2n) is 6.24. The van der Waals surface area contributed by atoms with Gasteiger partial charge in [0, 0.05) is 58.3 Å². The molecule has 0 aromatic heterocycles. The van der Waals surface area contributed by atoms with Crippen molar-refractivity contribution in [2.45, 2.75) is 44.2 Å². The second kappa shape index (κ2) is 8.32. The molecule has 21 heavy (non-hydrogen) atoms. The van der Waals surface area contributed by atoms with E-state index < -0.39 is 0 Å². The number of nitrogens with one attached hydrogen (secondary N) is 1. The van der Waals surface area contributed by atoms with Crippen molar-refractivity contribution in [2.75, 3.05) is 45.9 Å². The van der Waals surface area contributed by atoms with E-state index in [2.05, 4.69) is 15.1 Å². The molecule has 0 aromatic carbocycles. The van der Waals surface area contributed by atoms with Crippen LogP contribution in [0, 0.1) is 0 Å². The molecule has 0 radical (unpaired) electrons. The van der Waals surface area contributed by atoms with Crippen molar-refractivity contribution in [1.82, 2.24) is 15.1 Å². The van der Waals surface area contributed by atoms with Crippen LogP contribution in [-0.4, -0.2) is 73.7 Å². The number of nitrogens with zero attached hydrogens (tertiary/aromatic N) is 2. The molecule has 2 unspecified atom stereocenters. The molecule has 3 saturated heterocycles. The number of hydrogen-bond acceptors (Lipinski definition) is 4. The highest BCUT2D eigenvalue weighted by Gasteiger charge is 2.31. The monoisotopic (exact) mass is 317 g/mol. The van der Waals surface area contributed by atoms with Gasteiger partial charge in [-0.1, -0.05) is 0 Å². The highest BCUT2D eigenvalue weighted by atomic mass is 35.5. The Kier molecular flexibility index (Phi) is 6.74. The zero-order chi connectivity index (χ0) is 13.8. The predicted molar refractivity (Wildman–Crippen MR) is 84.9 cm³/mol. The number of amides is 1. The fourth-order valence-electron chi connectivity index (χ4n) is 3.63. The van der Waals surface area contributed by atoms with Gasteiger partial charge in [-0.3, -0.25) is 9.69 Å². The highest BCUT2D eigenvalue weighted by Crippen LogP contribution is 2.20. The van der Waals surface area contributed by atoms with E-state index in [9.17, 15) is 4.79 Å². The fourth-order valence-corrected chi connectivity index (χ4v) is 3.63. The predicted octanol–water partition coefficient (Wildman–Crippen LogP) is 0.874. The average Bonchev–Trinajstić information content (AvgIpc) is 3.17. The van der Waals surface area contributed by atoms with Gasteiger partial charge in [-0.25, -0.2) is 0 Å². The lowest BCUT2D eigenvalue weighted by molar-refractivity contribution is -0.131. The van der Waals surface area contributed by atoms with E-state index in [0.29, 0.717) is 24.5 Å². The molecule has 3 heterocycles. The minimum atomic E-state index is 0. The number of piperazine rings is 1. The Morgan fingerprint density at radius 2 is 2.00 bits per heavy atom. The topological polar surface area (TPSA) is 44.8 Å². The first kappa shape index (κ1) is 17.0. The molecule has 0 aromatic rings. The molecule has 122 valence electrons. The summed E-state index contributed by atoms with van der Waals surface area (Å²) in [6.07, 6.45) is 5.35. The summed E-state index contributed by atoms with van der Waals surface area (Å²) in [5.41, 5.74) is 0. The third-order valence-corrected chi connectivity index (χ3v) is 4.89. The molecule has 0 aliphatic carbocycles. The Labute approximate surface area is 133 Å². The third kappa shape index (κ3) is 4.55. The molecule has 3 fully saturated rings. The maximum atomic E-state index is 12.3. The highest BCUT2D eigenvalue weighted by molar-refractivity contribution is 5.85. The first-order chi connectivity index (χ1) is 9.83. The molecule has 0 bridgehead atoms. The van der Waals surface area contributed by atoms with Gasteiger partial charge in [0.2, 0.25) is 5.91 Å². The molecule has 3 aliphatic rings. The summed E-state index contributed by atoms with van der Waals surface area (Å²) in [4.78, 5) is 16.9. The molecule has 1 N–H and O–H groups in total. The number of rotatable bonds is 4. The van der Waals surface area contributed by atoms with Crippen LogP contribution in [0.3, 0.4) is 0 Å². The van der Waals surface area contributed by atoms with Gasteiger partial charge in [0.1, 0.15) is 0 Å². The molecule has 3 rings (SSSR count). The number of carbonyl (C=O) groups excluding carboxylic acids is 1. The van der Waals surface area contributed by atoms with Gasteiger partial charge in [0.05, 0.1) is 6.10 Å². The van der Waals surface area contributed by atoms with Crippen molar-refractivity contribution in [1.29, 1.82) is 0 Å². The average molecular weight is 318 g/mol. The number of hydrogen-bond donors (Lipinski definition) is 1. The Morgan fingerprint density at radius 1 is 1.19 bits per heavy atom. The van der Waals surface area contributed by atoms with E-state index >= 15 is 0 Å². The van der Waals surface area contributed by atoms with E-state index in [1.165, 1.54) is 0 Å². The van der Waals surface area contributed by atoms with Crippen molar-refractivity contribution < 1.29 is 9.53 Å². The molecular weight excluding hydrogens is 290 g/mol. The molecule has 2 atom stereocenters. The van der Waals surface area contributed by atoms with Crippen LogP contribution in [0.5, 0.6) is 0 Å². The standard InChI is InChI=1S/C15H27N3O2.ClH/c19-15(4-3-14-2-1-11-20-14)18-8-5-13(12-18)17-9-6-16-7-10-17;/h13-14,16H,1-12H2;1H. The Morgan fingerprint density at radius 3 is 2.71 bits per heavy atom. The van der Waals surface area contributed by atoms with Crippen molar-refractivity contribution in [3.63, 3.8) is 0 Å². The van der Waals surface area contributed by atoms with E-state index in [1.54, 1.807) is 0 Å². The van der Waals surface area contributed by atoms with Gasteiger partial charge in [-0.05, 0) is 25.7 Å². The van der Waals surface area contributed by atoms with Crippen LogP contribution in [-0.2, 0) is 9.53 Å². The quantitative estimate of drug-likeness (QED) is 0.836. The van der Waals surface area contributed by atoms with Crippen LogP contribution in [0.25, 0.3) is 0 Å². The molecular formula is C15H28ClN3O2. The Balaban J connectivity index is 0.00000161. The number of likely N-dealkylation sites (tertiary alicyclic amines) is 1. The van der Waals surface area contributed by atoms with Gasteiger partial charge in [-0.15, -0.1) is 12.4 Å². The lowest BCUT2D eigenvalue weighted by Crippen LogP contribution is -2.49. The fraction of sp³-hybridized carbons (Fsp3) is 0.933. The van der Waals surface area contributed by atoms with E-state index in [-0.39, 0.29) is 12.4 Å². The van der Waals surface area contributed by atoms with Crippen LogP contribution in [0.2, 0.25) is 0 Å². The normalized spacial score (nSPS) is 30.4. The SMILES string of the molecule is Cl.O=C(CCC1CCCO1)N1CCC(N2CCNCC2)C1. The summed E-state index contributed by atoms with van der Waals surface area (Å²) >= 11 is 0. The summed E-state index contributed by atoms with van der Waals surface area (Å²) < 4.78 is 5.60. The van der Waals surface area contributed by atoms with Crippen LogP contribution in [0.15, 0.2) is 0 Å². The summed E-state index contributed by atoms with van der Waals surface area (Å²) in [6, 6.07) is 0.587. The van der Waals surface area contributed by atoms with Gasteiger partial charge in [-0.2, -0.15) is 0 Å². The zero-order valence-corrected chi connectivity index (χ0v) is 13.6. The van der Waals surface area contributed by atoms with Crippen LogP contribution in [0.4, 0.5) is 0 Å². The van der Waals surface area contributed by atoms with Crippen molar-refractivity contribution in [3.05, 3.63) is 0 Å². The maximum absolute atomic E-state index is 12.3. The van der Waals surface area contributed by atoms with Crippen molar-refractivity contribution in [2.24, 2.45) is 0 Å². The molecule has 1 amide bonds. The van der Waals surface area contributed by atoms with Crippen molar-refractivity contribution in [3.8, 4) is 0 Å². The molecule has 0 spiro atoms. The number of halogens is 1. The van der Waals surface area contributed by atoms with Gasteiger partial charge >= 0.3 is 0 Å². The van der Waals surface area contributed by atoms with E-state index in [4.69, 9.17) is 4.74 Å². The number of ether oxygens (including phenoxy) is 1. The third-order valence-electron chi connectivity index (χ3n) is 4.89.